The predicted molar refractivity (Wildman–Crippen MR) is 70.9 cm³/mol. The van der Waals surface area contributed by atoms with E-state index in [4.69, 9.17) is 4.74 Å². The Labute approximate surface area is 109 Å². The van der Waals surface area contributed by atoms with Crippen molar-refractivity contribution in [3.63, 3.8) is 0 Å². The summed E-state index contributed by atoms with van der Waals surface area (Å²) in [6.45, 7) is 0. The lowest BCUT2D eigenvalue weighted by molar-refractivity contribution is 0.398. The molecule has 0 aliphatic rings. The molecule has 0 atom stereocenters. The van der Waals surface area contributed by atoms with E-state index in [0.29, 0.717) is 5.88 Å². The van der Waals surface area contributed by atoms with Crippen molar-refractivity contribution in [1.29, 1.82) is 0 Å². The second kappa shape index (κ2) is 5.51. The Hall–Kier alpha value is -1.79. The van der Waals surface area contributed by atoms with E-state index in [-0.39, 0.29) is 0 Å². The minimum absolute atomic E-state index is 0.594. The van der Waals surface area contributed by atoms with E-state index >= 15 is 0 Å². The van der Waals surface area contributed by atoms with Gasteiger partial charge in [-0.15, -0.1) is 0 Å². The Morgan fingerprint density at radius 1 is 1.12 bits per heavy atom. The number of rotatable bonds is 1. The third-order valence-corrected chi connectivity index (χ3v) is 2.85. The molecule has 0 aliphatic heterocycles. The maximum Gasteiger partial charge on any atom is 0.212 e. The van der Waals surface area contributed by atoms with Crippen LogP contribution in [0, 0.1) is 11.8 Å². The van der Waals surface area contributed by atoms with E-state index in [1.165, 1.54) is 0 Å². The first-order chi connectivity index (χ1) is 8.29. The monoisotopic (exact) mass is 287 g/mol. The number of aromatic nitrogens is 1. The van der Waals surface area contributed by atoms with Gasteiger partial charge in [0.2, 0.25) is 5.88 Å². The van der Waals surface area contributed by atoms with Gasteiger partial charge in [0.25, 0.3) is 0 Å². The maximum atomic E-state index is 4.98. The second-order valence-electron chi connectivity index (χ2n) is 3.32. The minimum Gasteiger partial charge on any atom is -0.481 e. The van der Waals surface area contributed by atoms with Crippen molar-refractivity contribution in [1.82, 2.24) is 4.98 Å². The van der Waals surface area contributed by atoms with Crippen LogP contribution in [0.4, 0.5) is 0 Å². The highest BCUT2D eigenvalue weighted by molar-refractivity contribution is 9.10. The van der Waals surface area contributed by atoms with E-state index in [1.54, 1.807) is 19.4 Å². The van der Waals surface area contributed by atoms with Gasteiger partial charge < -0.3 is 4.74 Å². The summed E-state index contributed by atoms with van der Waals surface area (Å²) in [6, 6.07) is 11.5. The van der Waals surface area contributed by atoms with E-state index < -0.39 is 0 Å². The summed E-state index contributed by atoms with van der Waals surface area (Å²) in [6.07, 6.45) is 1.70. The molecule has 2 rings (SSSR count). The van der Waals surface area contributed by atoms with Crippen molar-refractivity contribution in [2.24, 2.45) is 0 Å². The van der Waals surface area contributed by atoms with Crippen molar-refractivity contribution in [3.05, 3.63) is 58.2 Å². The summed E-state index contributed by atoms with van der Waals surface area (Å²) in [7, 11) is 1.59. The number of halogens is 1. The quantitative estimate of drug-likeness (QED) is 0.751. The van der Waals surface area contributed by atoms with Gasteiger partial charge in [-0.3, -0.25) is 0 Å². The molecule has 0 saturated carbocycles. The van der Waals surface area contributed by atoms with Gasteiger partial charge in [-0.25, -0.2) is 4.98 Å². The Balaban J connectivity index is 2.24. The van der Waals surface area contributed by atoms with Gasteiger partial charge in [0.15, 0.2) is 0 Å². The average Bonchev–Trinajstić information content (AvgIpc) is 2.38. The van der Waals surface area contributed by atoms with Gasteiger partial charge in [-0.1, -0.05) is 24.0 Å². The fourth-order valence-electron chi connectivity index (χ4n) is 1.28. The molecule has 0 unspecified atom stereocenters. The number of pyridine rings is 1. The lowest BCUT2D eigenvalue weighted by atomic mass is 10.2. The first kappa shape index (κ1) is 11.7. The molecule has 0 radical (unpaired) electrons. The molecule has 0 amide bonds. The van der Waals surface area contributed by atoms with Crippen LogP contribution >= 0.6 is 15.9 Å². The lowest BCUT2D eigenvalue weighted by Crippen LogP contribution is -1.86. The van der Waals surface area contributed by atoms with Crippen molar-refractivity contribution in [2.75, 3.05) is 7.11 Å². The van der Waals surface area contributed by atoms with Gasteiger partial charge in [-0.2, -0.15) is 0 Å². The van der Waals surface area contributed by atoms with Gasteiger partial charge in [-0.05, 0) is 34.1 Å². The molecule has 0 spiro atoms. The van der Waals surface area contributed by atoms with Crippen molar-refractivity contribution in [3.8, 4) is 17.7 Å². The van der Waals surface area contributed by atoms with Gasteiger partial charge >= 0.3 is 0 Å². The molecule has 3 heteroatoms. The van der Waals surface area contributed by atoms with Gasteiger partial charge in [0.05, 0.1) is 7.11 Å². The first-order valence-electron chi connectivity index (χ1n) is 5.06. The zero-order valence-corrected chi connectivity index (χ0v) is 10.9. The summed E-state index contributed by atoms with van der Waals surface area (Å²) < 4.78 is 5.98. The van der Waals surface area contributed by atoms with Gasteiger partial charge in [0, 0.05) is 27.9 Å². The van der Waals surface area contributed by atoms with Crippen LogP contribution < -0.4 is 4.74 Å². The summed E-state index contributed by atoms with van der Waals surface area (Å²) in [5.74, 6) is 6.74. The minimum atomic E-state index is 0.594. The van der Waals surface area contributed by atoms with Gasteiger partial charge in [0.1, 0.15) is 0 Å². The Bertz CT molecular complexity index is 567. The van der Waals surface area contributed by atoms with E-state index in [2.05, 4.69) is 32.8 Å². The zero-order chi connectivity index (χ0) is 12.1. The first-order valence-corrected chi connectivity index (χ1v) is 5.85. The number of methoxy groups -OCH3 is 1. The van der Waals surface area contributed by atoms with Crippen molar-refractivity contribution in [2.45, 2.75) is 0 Å². The van der Waals surface area contributed by atoms with Crippen LogP contribution in [-0.4, -0.2) is 12.1 Å². The number of hydrogen-bond acceptors (Lipinski definition) is 2. The standard InChI is InChI=1S/C14H10BrNO/c1-17-14-9-7-11(10-16-14)6-8-12-4-2-3-5-13(12)15/h2-5,7,9-10H,1H3. The summed E-state index contributed by atoms with van der Waals surface area (Å²) in [5.41, 5.74) is 1.82. The largest absolute Gasteiger partial charge is 0.481 e. The van der Waals surface area contributed by atoms with Crippen LogP contribution in [0.15, 0.2) is 47.1 Å². The van der Waals surface area contributed by atoms with Crippen molar-refractivity contribution >= 4 is 15.9 Å². The Kier molecular flexibility index (Phi) is 3.79. The molecule has 0 aliphatic carbocycles. The molecule has 2 nitrogen and oxygen atoms in total. The highest BCUT2D eigenvalue weighted by atomic mass is 79.9. The van der Waals surface area contributed by atoms with Crippen LogP contribution in [0.3, 0.4) is 0 Å². The molecule has 0 bridgehead atoms. The van der Waals surface area contributed by atoms with Crippen LogP contribution in [0.5, 0.6) is 5.88 Å². The molecule has 0 saturated heterocycles. The lowest BCUT2D eigenvalue weighted by Gasteiger charge is -1.96. The smallest absolute Gasteiger partial charge is 0.212 e. The average molecular weight is 288 g/mol. The molecule has 0 N–H and O–H groups in total. The topological polar surface area (TPSA) is 22.1 Å². The SMILES string of the molecule is COc1ccc(C#Cc2ccccc2Br)cn1. The molecule has 1 aromatic heterocycles. The molecule has 84 valence electrons. The molecule has 1 heterocycles. The van der Waals surface area contributed by atoms with Crippen LogP contribution in [0.1, 0.15) is 11.1 Å². The van der Waals surface area contributed by atoms with Crippen LogP contribution in [0.2, 0.25) is 0 Å². The summed E-state index contributed by atoms with van der Waals surface area (Å²) in [5, 5.41) is 0. The third-order valence-electron chi connectivity index (χ3n) is 2.16. The van der Waals surface area contributed by atoms with E-state index in [1.807, 2.05) is 30.3 Å². The van der Waals surface area contributed by atoms with Crippen molar-refractivity contribution < 1.29 is 4.74 Å². The van der Waals surface area contributed by atoms with E-state index in [0.717, 1.165) is 15.6 Å². The number of ether oxygens (including phenoxy) is 1. The Morgan fingerprint density at radius 2 is 1.94 bits per heavy atom. The highest BCUT2D eigenvalue weighted by Crippen LogP contribution is 2.14. The van der Waals surface area contributed by atoms with E-state index in [9.17, 15) is 0 Å². The highest BCUT2D eigenvalue weighted by Gasteiger charge is 1.94. The Morgan fingerprint density at radius 3 is 2.59 bits per heavy atom. The molecule has 17 heavy (non-hydrogen) atoms. The molecule has 1 aromatic carbocycles. The number of hydrogen-bond donors (Lipinski definition) is 0. The second-order valence-corrected chi connectivity index (χ2v) is 4.17. The third kappa shape index (κ3) is 3.08. The predicted octanol–water partition coefficient (Wildman–Crippen LogP) is 3.25. The fraction of sp³-hybridized carbons (Fsp3) is 0.0714. The summed E-state index contributed by atoms with van der Waals surface area (Å²) >= 11 is 3.45. The maximum absolute atomic E-state index is 4.98. The van der Waals surface area contributed by atoms with Crippen LogP contribution in [-0.2, 0) is 0 Å². The normalized spacial score (nSPS) is 9.29. The number of nitrogens with zero attached hydrogens (tertiary/aromatic N) is 1. The van der Waals surface area contributed by atoms with Crippen LogP contribution in [0.25, 0.3) is 0 Å². The molecular weight excluding hydrogens is 278 g/mol. The number of benzene rings is 1. The summed E-state index contributed by atoms with van der Waals surface area (Å²) in [4.78, 5) is 4.10. The molecule has 2 aromatic rings. The molecule has 0 fully saturated rings. The zero-order valence-electron chi connectivity index (χ0n) is 9.27. The fourth-order valence-corrected chi connectivity index (χ4v) is 1.66. The molecular formula is C14H10BrNO.